The molecule has 1 aromatic carbocycles. The maximum atomic E-state index is 13.3. The number of piperidine rings is 1. The molecule has 1 atom stereocenters. The van der Waals surface area contributed by atoms with Gasteiger partial charge in [-0.15, -0.1) is 0 Å². The molecule has 1 aromatic rings. The first-order chi connectivity index (χ1) is 14.5. The average molecular weight is 417 g/mol. The van der Waals surface area contributed by atoms with E-state index in [1.165, 1.54) is 4.90 Å². The molecule has 0 bridgehead atoms. The Morgan fingerprint density at radius 2 is 1.90 bits per heavy atom. The first-order valence-corrected chi connectivity index (χ1v) is 10.7. The van der Waals surface area contributed by atoms with Crippen LogP contribution in [0.15, 0.2) is 30.0 Å². The Bertz CT molecular complexity index is 787. The molecular weight excluding hydrogens is 384 g/mol. The number of aliphatic hydroxyl groups excluding tert-OH is 1. The van der Waals surface area contributed by atoms with Crippen molar-refractivity contribution >= 4 is 17.4 Å². The van der Waals surface area contributed by atoms with E-state index in [0.717, 1.165) is 12.8 Å². The second-order valence-electron chi connectivity index (χ2n) is 8.12. The summed E-state index contributed by atoms with van der Waals surface area (Å²) in [4.78, 5) is 29.9. The Morgan fingerprint density at radius 3 is 2.53 bits per heavy atom. The molecule has 0 aromatic heterocycles. The fraction of sp³-hybridized carbons (Fsp3) is 0.565. The van der Waals surface area contributed by atoms with Crippen molar-refractivity contribution in [1.29, 1.82) is 0 Å². The van der Waals surface area contributed by atoms with Crippen LogP contribution in [0.2, 0.25) is 0 Å². The molecule has 7 heteroatoms. The van der Waals surface area contributed by atoms with Crippen LogP contribution in [0.5, 0.6) is 5.75 Å². The van der Waals surface area contributed by atoms with Crippen LogP contribution in [0.3, 0.4) is 0 Å². The standard InChI is InChI=1S/C23H32N2O5/c1-16(2)30-13-5-12-25-22(27)20(18-7-9-19(29-3)10-8-18)21(23(25)28)24-11-4-6-17(14-24)15-26/h7-10,16-17,26H,4-6,11-15H2,1-3H3. The Kier molecular flexibility index (Phi) is 7.50. The highest BCUT2D eigenvalue weighted by Gasteiger charge is 2.42. The van der Waals surface area contributed by atoms with Gasteiger partial charge in [-0.3, -0.25) is 14.5 Å². The Morgan fingerprint density at radius 1 is 1.17 bits per heavy atom. The fourth-order valence-corrected chi connectivity index (χ4v) is 4.04. The van der Waals surface area contributed by atoms with Gasteiger partial charge in [0.2, 0.25) is 0 Å². The van der Waals surface area contributed by atoms with E-state index < -0.39 is 0 Å². The van der Waals surface area contributed by atoms with E-state index in [0.29, 0.717) is 55.2 Å². The van der Waals surface area contributed by atoms with Gasteiger partial charge >= 0.3 is 0 Å². The van der Waals surface area contributed by atoms with E-state index in [-0.39, 0.29) is 30.4 Å². The van der Waals surface area contributed by atoms with Gasteiger partial charge in [-0.25, -0.2) is 0 Å². The van der Waals surface area contributed by atoms with Gasteiger partial charge in [0, 0.05) is 32.8 Å². The maximum Gasteiger partial charge on any atom is 0.277 e. The van der Waals surface area contributed by atoms with Crippen molar-refractivity contribution in [2.45, 2.75) is 39.2 Å². The summed E-state index contributed by atoms with van der Waals surface area (Å²) in [6, 6.07) is 7.23. The predicted octanol–water partition coefficient (Wildman–Crippen LogP) is 2.29. The molecule has 30 heavy (non-hydrogen) atoms. The lowest BCUT2D eigenvalue weighted by Crippen LogP contribution is -2.41. The van der Waals surface area contributed by atoms with Gasteiger partial charge in [0.15, 0.2) is 0 Å². The second-order valence-corrected chi connectivity index (χ2v) is 8.12. The number of imide groups is 1. The molecule has 0 radical (unpaired) electrons. The molecule has 0 spiro atoms. The van der Waals surface area contributed by atoms with Crippen molar-refractivity contribution in [2.75, 3.05) is 40.0 Å². The highest BCUT2D eigenvalue weighted by Crippen LogP contribution is 2.34. The lowest BCUT2D eigenvalue weighted by atomic mass is 9.97. The van der Waals surface area contributed by atoms with Gasteiger partial charge in [-0.1, -0.05) is 12.1 Å². The van der Waals surface area contributed by atoms with Crippen molar-refractivity contribution in [3.63, 3.8) is 0 Å². The highest BCUT2D eigenvalue weighted by molar-refractivity contribution is 6.35. The molecule has 0 saturated carbocycles. The predicted molar refractivity (Wildman–Crippen MR) is 114 cm³/mol. The summed E-state index contributed by atoms with van der Waals surface area (Å²) in [5, 5.41) is 9.62. The number of nitrogens with zero attached hydrogens (tertiary/aromatic N) is 2. The SMILES string of the molecule is COc1ccc(C2=C(N3CCCC(CO)C3)C(=O)N(CCCOC(C)C)C2=O)cc1. The number of rotatable bonds is 9. The number of ether oxygens (including phenoxy) is 2. The van der Waals surface area contributed by atoms with Gasteiger partial charge in [-0.2, -0.15) is 0 Å². The summed E-state index contributed by atoms with van der Waals surface area (Å²) in [7, 11) is 1.59. The molecule has 1 N–H and O–H groups in total. The molecule has 2 amide bonds. The summed E-state index contributed by atoms with van der Waals surface area (Å²) in [6.45, 7) is 6.11. The van der Waals surface area contributed by atoms with Crippen molar-refractivity contribution in [1.82, 2.24) is 9.80 Å². The minimum absolute atomic E-state index is 0.0834. The van der Waals surface area contributed by atoms with Crippen LogP contribution < -0.4 is 4.74 Å². The Hall–Kier alpha value is -2.38. The van der Waals surface area contributed by atoms with E-state index >= 15 is 0 Å². The fourth-order valence-electron chi connectivity index (χ4n) is 4.04. The number of aliphatic hydroxyl groups is 1. The van der Waals surface area contributed by atoms with Crippen LogP contribution in [0.4, 0.5) is 0 Å². The van der Waals surface area contributed by atoms with Gasteiger partial charge in [0.25, 0.3) is 11.8 Å². The number of carbonyl (C=O) groups is 2. The monoisotopic (exact) mass is 416 g/mol. The molecule has 164 valence electrons. The second kappa shape index (κ2) is 10.1. The van der Waals surface area contributed by atoms with Gasteiger partial charge in [0.05, 0.1) is 18.8 Å². The van der Waals surface area contributed by atoms with Gasteiger partial charge in [0.1, 0.15) is 11.4 Å². The average Bonchev–Trinajstić information content (AvgIpc) is 3.01. The third-order valence-electron chi connectivity index (χ3n) is 5.59. The van der Waals surface area contributed by atoms with E-state index in [9.17, 15) is 14.7 Å². The Labute approximate surface area is 178 Å². The zero-order chi connectivity index (χ0) is 21.7. The van der Waals surface area contributed by atoms with Crippen LogP contribution in [0.1, 0.15) is 38.7 Å². The molecule has 1 fully saturated rings. The lowest BCUT2D eigenvalue weighted by Gasteiger charge is -2.34. The molecule has 2 heterocycles. The third-order valence-corrected chi connectivity index (χ3v) is 5.59. The maximum absolute atomic E-state index is 13.3. The number of hydrogen-bond acceptors (Lipinski definition) is 6. The first kappa shape index (κ1) is 22.3. The van der Waals surface area contributed by atoms with E-state index in [1.807, 2.05) is 30.9 Å². The summed E-state index contributed by atoms with van der Waals surface area (Å²) < 4.78 is 10.8. The zero-order valence-electron chi connectivity index (χ0n) is 18.1. The molecule has 0 aliphatic carbocycles. The van der Waals surface area contributed by atoms with Crippen LogP contribution in [-0.2, 0) is 14.3 Å². The third kappa shape index (κ3) is 4.84. The highest BCUT2D eigenvalue weighted by atomic mass is 16.5. The topological polar surface area (TPSA) is 79.3 Å². The molecule has 2 aliphatic rings. The first-order valence-electron chi connectivity index (χ1n) is 10.7. The van der Waals surface area contributed by atoms with Crippen molar-refractivity contribution in [3.8, 4) is 5.75 Å². The molecule has 3 rings (SSSR count). The number of likely N-dealkylation sites (tertiary alicyclic amines) is 1. The van der Waals surface area contributed by atoms with Crippen LogP contribution in [0, 0.1) is 5.92 Å². The minimum atomic E-state index is -0.268. The van der Waals surface area contributed by atoms with E-state index in [2.05, 4.69) is 0 Å². The van der Waals surface area contributed by atoms with Gasteiger partial charge in [-0.05, 0) is 56.7 Å². The summed E-state index contributed by atoms with van der Waals surface area (Å²) >= 11 is 0. The van der Waals surface area contributed by atoms with Gasteiger partial charge < -0.3 is 19.5 Å². The summed E-state index contributed by atoms with van der Waals surface area (Å²) in [6.07, 6.45) is 2.52. The number of hydrogen-bond donors (Lipinski definition) is 1. The largest absolute Gasteiger partial charge is 0.497 e. The normalized spacial score (nSPS) is 20.0. The van der Waals surface area contributed by atoms with Crippen molar-refractivity contribution in [3.05, 3.63) is 35.5 Å². The molecule has 7 nitrogen and oxygen atoms in total. The smallest absolute Gasteiger partial charge is 0.277 e. The minimum Gasteiger partial charge on any atom is -0.497 e. The molecular formula is C23H32N2O5. The quantitative estimate of drug-likeness (QED) is 0.492. The van der Waals surface area contributed by atoms with E-state index in [1.54, 1.807) is 19.2 Å². The number of carbonyl (C=O) groups excluding carboxylic acids is 2. The summed E-state index contributed by atoms with van der Waals surface area (Å²) in [5.41, 5.74) is 1.59. The van der Waals surface area contributed by atoms with Crippen molar-refractivity contribution in [2.24, 2.45) is 5.92 Å². The Balaban J connectivity index is 1.89. The van der Waals surface area contributed by atoms with Crippen LogP contribution in [0.25, 0.3) is 5.57 Å². The zero-order valence-corrected chi connectivity index (χ0v) is 18.1. The van der Waals surface area contributed by atoms with Crippen molar-refractivity contribution < 1.29 is 24.2 Å². The number of methoxy groups -OCH3 is 1. The molecule has 1 saturated heterocycles. The number of benzene rings is 1. The molecule has 2 aliphatic heterocycles. The lowest BCUT2D eigenvalue weighted by molar-refractivity contribution is -0.138. The van der Waals surface area contributed by atoms with Crippen LogP contribution >= 0.6 is 0 Å². The molecule has 1 unspecified atom stereocenters. The van der Waals surface area contributed by atoms with Crippen LogP contribution in [-0.4, -0.2) is 72.8 Å². The van der Waals surface area contributed by atoms with E-state index in [4.69, 9.17) is 9.47 Å². The number of amides is 2. The summed E-state index contributed by atoms with van der Waals surface area (Å²) in [5.74, 6) is 0.281.